The van der Waals surface area contributed by atoms with Crippen LogP contribution in [0.1, 0.15) is 68.9 Å². The molecule has 0 spiro atoms. The van der Waals surface area contributed by atoms with E-state index in [9.17, 15) is 18.0 Å². The SMILES string of the molecule is CC[C@H](c1nnc(SCC(=O)Nc2ccc(Cl)cc2C(F)(F)F)n1C1CCCCC1)N(C)C. The average Bonchev–Trinajstić information content (AvgIpc) is 3.17. The third-order valence-electron chi connectivity index (χ3n) is 5.83. The van der Waals surface area contributed by atoms with Gasteiger partial charge >= 0.3 is 6.18 Å². The second kappa shape index (κ2) is 11.1. The number of aromatic nitrogens is 3. The van der Waals surface area contributed by atoms with Gasteiger partial charge in [0.25, 0.3) is 0 Å². The molecule has 1 heterocycles. The molecule has 182 valence electrons. The fourth-order valence-electron chi connectivity index (χ4n) is 4.25. The van der Waals surface area contributed by atoms with Gasteiger partial charge in [-0.3, -0.25) is 9.69 Å². The second-order valence-corrected chi connectivity index (χ2v) is 9.79. The molecule has 33 heavy (non-hydrogen) atoms. The van der Waals surface area contributed by atoms with Crippen LogP contribution in [0, 0.1) is 0 Å². The molecule has 1 aromatic carbocycles. The van der Waals surface area contributed by atoms with Crippen molar-refractivity contribution >= 4 is 35.0 Å². The highest BCUT2D eigenvalue weighted by atomic mass is 35.5. The maximum absolute atomic E-state index is 13.3. The molecule has 3 rings (SSSR count). The molecule has 0 unspecified atom stereocenters. The summed E-state index contributed by atoms with van der Waals surface area (Å²) in [6, 6.07) is 3.64. The minimum Gasteiger partial charge on any atom is -0.325 e. The van der Waals surface area contributed by atoms with Gasteiger partial charge in [0.15, 0.2) is 11.0 Å². The summed E-state index contributed by atoms with van der Waals surface area (Å²) >= 11 is 6.91. The Bertz CT molecular complexity index is 960. The molecule has 1 aromatic heterocycles. The summed E-state index contributed by atoms with van der Waals surface area (Å²) < 4.78 is 42.1. The molecule has 6 nitrogen and oxygen atoms in total. The van der Waals surface area contributed by atoms with E-state index >= 15 is 0 Å². The minimum absolute atomic E-state index is 0.0471. The Labute approximate surface area is 201 Å². The van der Waals surface area contributed by atoms with Gasteiger partial charge in [-0.15, -0.1) is 10.2 Å². The summed E-state index contributed by atoms with van der Waals surface area (Å²) in [5.74, 6) is 0.241. The molecular formula is C22H29ClF3N5OS. The highest BCUT2D eigenvalue weighted by Gasteiger charge is 2.34. The molecule has 1 amide bonds. The van der Waals surface area contributed by atoms with Crippen molar-refractivity contribution in [3.8, 4) is 0 Å². The normalized spacial score (nSPS) is 16.2. The lowest BCUT2D eigenvalue weighted by Gasteiger charge is -2.29. The zero-order valence-corrected chi connectivity index (χ0v) is 20.5. The number of anilines is 1. The highest BCUT2D eigenvalue weighted by molar-refractivity contribution is 7.99. The predicted molar refractivity (Wildman–Crippen MR) is 125 cm³/mol. The Kier molecular flexibility index (Phi) is 8.69. The summed E-state index contributed by atoms with van der Waals surface area (Å²) in [5.41, 5.74) is -1.29. The lowest BCUT2D eigenvalue weighted by atomic mass is 9.95. The molecule has 1 N–H and O–H groups in total. The lowest BCUT2D eigenvalue weighted by Crippen LogP contribution is -2.26. The van der Waals surface area contributed by atoms with E-state index in [0.29, 0.717) is 5.16 Å². The number of hydrogen-bond acceptors (Lipinski definition) is 5. The number of nitrogens with zero attached hydrogens (tertiary/aromatic N) is 4. The van der Waals surface area contributed by atoms with Gasteiger partial charge < -0.3 is 9.88 Å². The molecule has 0 radical (unpaired) electrons. The van der Waals surface area contributed by atoms with Crippen molar-refractivity contribution in [2.45, 2.75) is 68.9 Å². The van der Waals surface area contributed by atoms with Crippen LogP contribution in [0.5, 0.6) is 0 Å². The highest BCUT2D eigenvalue weighted by Crippen LogP contribution is 2.38. The van der Waals surface area contributed by atoms with Crippen molar-refractivity contribution in [2.24, 2.45) is 0 Å². The van der Waals surface area contributed by atoms with Gasteiger partial charge in [-0.25, -0.2) is 0 Å². The summed E-state index contributed by atoms with van der Waals surface area (Å²) in [4.78, 5) is 14.6. The molecule has 0 bridgehead atoms. The maximum Gasteiger partial charge on any atom is 0.418 e. The monoisotopic (exact) mass is 503 g/mol. The minimum atomic E-state index is -4.63. The van der Waals surface area contributed by atoms with Gasteiger partial charge in [0, 0.05) is 11.1 Å². The van der Waals surface area contributed by atoms with E-state index in [4.69, 9.17) is 11.6 Å². The van der Waals surface area contributed by atoms with Crippen LogP contribution < -0.4 is 5.32 Å². The Morgan fingerprint density at radius 1 is 1.27 bits per heavy atom. The van der Waals surface area contributed by atoms with E-state index in [0.717, 1.165) is 44.0 Å². The van der Waals surface area contributed by atoms with Gasteiger partial charge in [0.05, 0.1) is 23.0 Å². The van der Waals surface area contributed by atoms with E-state index in [2.05, 4.69) is 31.9 Å². The van der Waals surface area contributed by atoms with Crippen molar-refractivity contribution in [3.05, 3.63) is 34.6 Å². The molecular weight excluding hydrogens is 475 g/mol. The van der Waals surface area contributed by atoms with Crippen molar-refractivity contribution < 1.29 is 18.0 Å². The maximum atomic E-state index is 13.3. The molecule has 2 aromatic rings. The van der Waals surface area contributed by atoms with Crippen LogP contribution in [-0.2, 0) is 11.0 Å². The molecule has 1 fully saturated rings. The van der Waals surface area contributed by atoms with Crippen LogP contribution in [0.25, 0.3) is 0 Å². The topological polar surface area (TPSA) is 63.1 Å². The van der Waals surface area contributed by atoms with Gasteiger partial charge in [-0.2, -0.15) is 13.2 Å². The zero-order chi connectivity index (χ0) is 24.2. The van der Waals surface area contributed by atoms with Crippen LogP contribution in [0.15, 0.2) is 23.4 Å². The smallest absolute Gasteiger partial charge is 0.325 e. The first-order valence-electron chi connectivity index (χ1n) is 11.0. The third kappa shape index (κ3) is 6.42. The Morgan fingerprint density at radius 2 is 1.97 bits per heavy atom. The largest absolute Gasteiger partial charge is 0.418 e. The van der Waals surface area contributed by atoms with Crippen LogP contribution >= 0.6 is 23.4 Å². The first-order chi connectivity index (χ1) is 15.6. The summed E-state index contributed by atoms with van der Waals surface area (Å²) in [6.07, 6.45) is 1.73. The molecule has 1 aliphatic carbocycles. The number of amides is 1. The molecule has 1 aliphatic rings. The van der Waals surface area contributed by atoms with E-state index in [-0.39, 0.29) is 28.5 Å². The predicted octanol–water partition coefficient (Wildman–Crippen LogP) is 6.20. The van der Waals surface area contributed by atoms with Gasteiger partial charge in [-0.1, -0.05) is 49.5 Å². The third-order valence-corrected chi connectivity index (χ3v) is 7.01. The lowest BCUT2D eigenvalue weighted by molar-refractivity contribution is -0.137. The fourth-order valence-corrected chi connectivity index (χ4v) is 5.24. The van der Waals surface area contributed by atoms with Gasteiger partial charge in [0.1, 0.15) is 0 Å². The second-order valence-electron chi connectivity index (χ2n) is 8.41. The fraction of sp³-hybridized carbons (Fsp3) is 0.591. The Morgan fingerprint density at radius 3 is 2.58 bits per heavy atom. The number of benzene rings is 1. The Balaban J connectivity index is 1.79. The van der Waals surface area contributed by atoms with E-state index in [1.165, 1.54) is 30.3 Å². The van der Waals surface area contributed by atoms with Crippen molar-refractivity contribution in [3.63, 3.8) is 0 Å². The van der Waals surface area contributed by atoms with Gasteiger partial charge in [-0.05, 0) is 51.6 Å². The summed E-state index contributed by atoms with van der Waals surface area (Å²) in [6.45, 7) is 2.09. The molecule has 11 heteroatoms. The van der Waals surface area contributed by atoms with Crippen LogP contribution in [0.2, 0.25) is 5.02 Å². The van der Waals surface area contributed by atoms with E-state index in [1.807, 2.05) is 14.1 Å². The summed E-state index contributed by atoms with van der Waals surface area (Å²) in [5, 5.41) is 11.8. The Hall–Kier alpha value is -1.78. The van der Waals surface area contributed by atoms with E-state index < -0.39 is 17.6 Å². The number of thioether (sulfide) groups is 1. The summed E-state index contributed by atoms with van der Waals surface area (Å²) in [7, 11) is 4.00. The van der Waals surface area contributed by atoms with E-state index in [1.54, 1.807) is 0 Å². The molecule has 1 saturated carbocycles. The molecule has 1 atom stereocenters. The number of alkyl halides is 3. The number of hydrogen-bond donors (Lipinski definition) is 1. The average molecular weight is 504 g/mol. The number of carbonyl (C=O) groups is 1. The number of carbonyl (C=O) groups excluding carboxylic acids is 1. The van der Waals surface area contributed by atoms with Crippen molar-refractivity contribution in [2.75, 3.05) is 25.2 Å². The number of rotatable bonds is 8. The standard InChI is InChI=1S/C22H29ClF3N5OS/c1-4-18(30(2)3)20-28-29-21(31(20)15-8-6-5-7-9-15)33-13-19(32)27-17-11-10-14(23)12-16(17)22(24,25)26/h10-12,15,18H,4-9,13H2,1-3H3,(H,27,32)/t18-/m1/s1. The van der Waals surface area contributed by atoms with Crippen molar-refractivity contribution in [1.29, 1.82) is 0 Å². The quantitative estimate of drug-likeness (QED) is 0.434. The van der Waals surface area contributed by atoms with Crippen LogP contribution in [0.4, 0.5) is 18.9 Å². The first-order valence-corrected chi connectivity index (χ1v) is 12.4. The number of halogens is 4. The molecule has 0 aliphatic heterocycles. The van der Waals surface area contributed by atoms with Gasteiger partial charge in [0.2, 0.25) is 5.91 Å². The molecule has 0 saturated heterocycles. The van der Waals surface area contributed by atoms with Crippen LogP contribution in [0.3, 0.4) is 0 Å². The first kappa shape index (κ1) is 25.8. The number of nitrogens with one attached hydrogen (secondary N) is 1. The van der Waals surface area contributed by atoms with Crippen LogP contribution in [-0.4, -0.2) is 45.4 Å². The van der Waals surface area contributed by atoms with Crippen molar-refractivity contribution in [1.82, 2.24) is 19.7 Å². The zero-order valence-electron chi connectivity index (χ0n) is 19.0.